The van der Waals surface area contributed by atoms with Crippen LogP contribution in [0.15, 0.2) is 0 Å². The summed E-state index contributed by atoms with van der Waals surface area (Å²) in [5.74, 6) is 2.45. The predicted octanol–water partition coefficient (Wildman–Crippen LogP) is 0.213. The second kappa shape index (κ2) is 5.61. The van der Waals surface area contributed by atoms with Crippen LogP contribution >= 0.6 is 0 Å². The van der Waals surface area contributed by atoms with Gasteiger partial charge >= 0.3 is 10.0 Å². The molecule has 0 saturated heterocycles. The molecule has 0 radical (unpaired) electrons. The molecule has 0 aromatic heterocycles. The van der Waals surface area contributed by atoms with E-state index < -0.39 is 10.0 Å². The Balaban J connectivity index is 4.01. The van der Waals surface area contributed by atoms with E-state index in [0.29, 0.717) is 6.42 Å². The van der Waals surface area contributed by atoms with Crippen LogP contribution in [0.2, 0.25) is 0 Å². The number of sulfonamides is 1. The topological polar surface area (TPSA) is 63.2 Å². The zero-order valence-electron chi connectivity index (χ0n) is 6.83. The van der Waals surface area contributed by atoms with Gasteiger partial charge in [0.25, 0.3) is 0 Å². The Hall–Kier alpha value is -1.02. The highest BCUT2D eigenvalue weighted by Gasteiger charge is 1.99. The molecular formula is C7H11NO3S. The first-order valence-corrected chi connectivity index (χ1v) is 5.06. The summed E-state index contributed by atoms with van der Waals surface area (Å²) in [4.78, 5) is 9.75. The summed E-state index contributed by atoms with van der Waals surface area (Å²) >= 11 is 0. The molecule has 0 aliphatic rings. The molecule has 4 nitrogen and oxygen atoms in total. The number of unbranched alkanes of at least 4 members (excludes halogenated alkanes) is 2. The van der Waals surface area contributed by atoms with Gasteiger partial charge in [-0.25, -0.2) is 4.72 Å². The summed E-state index contributed by atoms with van der Waals surface area (Å²) in [6.07, 6.45) is 2.47. The molecule has 0 heterocycles. The largest absolute Gasteiger partial charge is 0.303 e. The molecule has 1 amide bonds. The number of rotatable bonds is 4. The molecule has 0 unspecified atom stereocenters. The van der Waals surface area contributed by atoms with Crippen LogP contribution in [-0.2, 0) is 14.8 Å². The van der Waals surface area contributed by atoms with E-state index >= 15 is 0 Å². The normalized spacial score (nSPS) is 9.75. The Labute approximate surface area is 72.4 Å². The minimum Gasteiger partial charge on any atom is -0.278 e. The second-order valence-electron chi connectivity index (χ2n) is 2.12. The molecule has 0 aromatic rings. The van der Waals surface area contributed by atoms with Crippen LogP contribution in [0, 0.1) is 11.2 Å². The van der Waals surface area contributed by atoms with Gasteiger partial charge in [-0.1, -0.05) is 19.3 Å². The number of carbonyl (C=O) groups is 1. The van der Waals surface area contributed by atoms with Crippen LogP contribution < -0.4 is 4.72 Å². The van der Waals surface area contributed by atoms with E-state index in [-0.39, 0.29) is 6.41 Å². The van der Waals surface area contributed by atoms with Gasteiger partial charge in [0.2, 0.25) is 6.41 Å². The van der Waals surface area contributed by atoms with E-state index in [1.165, 1.54) is 0 Å². The van der Waals surface area contributed by atoms with E-state index in [1.807, 2.05) is 12.2 Å². The van der Waals surface area contributed by atoms with Crippen molar-refractivity contribution in [1.29, 1.82) is 0 Å². The molecule has 0 saturated carbocycles. The number of carbonyl (C=O) groups excluding carboxylic acids is 1. The van der Waals surface area contributed by atoms with Crippen molar-refractivity contribution in [3.63, 3.8) is 0 Å². The first-order valence-electron chi connectivity index (χ1n) is 3.58. The number of hydrogen-bond donors (Lipinski definition) is 1. The van der Waals surface area contributed by atoms with Crippen molar-refractivity contribution in [1.82, 2.24) is 4.72 Å². The predicted molar refractivity (Wildman–Crippen MR) is 45.4 cm³/mol. The van der Waals surface area contributed by atoms with Gasteiger partial charge in [0, 0.05) is 11.7 Å². The lowest BCUT2D eigenvalue weighted by Crippen LogP contribution is -2.19. The molecule has 0 aliphatic carbocycles. The molecule has 0 spiro atoms. The van der Waals surface area contributed by atoms with E-state index in [0.717, 1.165) is 12.8 Å². The second-order valence-corrected chi connectivity index (χ2v) is 3.57. The molecule has 0 atom stereocenters. The minimum absolute atomic E-state index is 0.101. The van der Waals surface area contributed by atoms with Gasteiger partial charge in [-0.15, -0.1) is 0 Å². The third-order valence-corrected chi connectivity index (χ3v) is 1.88. The third-order valence-electron chi connectivity index (χ3n) is 1.07. The molecule has 0 fully saturated rings. The highest BCUT2D eigenvalue weighted by Crippen LogP contribution is 1.90. The van der Waals surface area contributed by atoms with Crippen LogP contribution in [0.5, 0.6) is 0 Å². The lowest BCUT2D eigenvalue weighted by molar-refractivity contribution is -0.108. The summed E-state index contributed by atoms with van der Waals surface area (Å²) in [6, 6.07) is 0. The maximum absolute atomic E-state index is 10.7. The lowest BCUT2D eigenvalue weighted by Gasteiger charge is -1.88. The molecule has 0 bridgehead atoms. The average molecular weight is 189 g/mol. The van der Waals surface area contributed by atoms with Gasteiger partial charge in [-0.2, -0.15) is 8.42 Å². The summed E-state index contributed by atoms with van der Waals surface area (Å²) < 4.78 is 23.0. The Morgan fingerprint density at radius 1 is 1.50 bits per heavy atom. The van der Waals surface area contributed by atoms with Crippen LogP contribution in [0.1, 0.15) is 26.2 Å². The van der Waals surface area contributed by atoms with Crippen LogP contribution in [0.25, 0.3) is 0 Å². The van der Waals surface area contributed by atoms with Gasteiger partial charge in [0.1, 0.15) is 0 Å². The van der Waals surface area contributed by atoms with Gasteiger partial charge < -0.3 is 0 Å². The first-order chi connectivity index (χ1) is 5.62. The van der Waals surface area contributed by atoms with Crippen molar-refractivity contribution in [3.05, 3.63) is 0 Å². The van der Waals surface area contributed by atoms with Crippen molar-refractivity contribution in [2.24, 2.45) is 0 Å². The Morgan fingerprint density at radius 2 is 2.17 bits per heavy atom. The molecule has 0 aromatic carbocycles. The van der Waals surface area contributed by atoms with Crippen molar-refractivity contribution in [2.45, 2.75) is 26.2 Å². The van der Waals surface area contributed by atoms with Crippen molar-refractivity contribution in [2.75, 3.05) is 0 Å². The van der Waals surface area contributed by atoms with E-state index in [1.54, 1.807) is 4.72 Å². The van der Waals surface area contributed by atoms with E-state index in [2.05, 4.69) is 5.92 Å². The minimum atomic E-state index is -3.69. The zero-order chi connectivity index (χ0) is 9.45. The highest BCUT2D eigenvalue weighted by molar-refractivity contribution is 7.94. The summed E-state index contributed by atoms with van der Waals surface area (Å²) in [5, 5.41) is 1.97. The van der Waals surface area contributed by atoms with Crippen molar-refractivity contribution >= 4 is 16.4 Å². The van der Waals surface area contributed by atoms with Crippen LogP contribution in [0.3, 0.4) is 0 Å². The standard InChI is InChI=1S/C7H11NO3S/c1-2-3-4-5-6-12(10,11)8-7-9/h7H,2-4H2,1H3,(H,8,9). The molecule has 0 rings (SSSR count). The van der Waals surface area contributed by atoms with E-state index in [9.17, 15) is 13.2 Å². The third kappa shape index (κ3) is 5.74. The molecule has 5 heteroatoms. The fourth-order valence-electron chi connectivity index (χ4n) is 0.504. The van der Waals surface area contributed by atoms with Crippen molar-refractivity contribution < 1.29 is 13.2 Å². The van der Waals surface area contributed by atoms with Gasteiger partial charge in [0.05, 0.1) is 0 Å². The SMILES string of the molecule is CCCCC#CS(=O)(=O)NC=O. The molecule has 12 heavy (non-hydrogen) atoms. The Kier molecular flexibility index (Phi) is 5.13. The maximum Gasteiger partial charge on any atom is 0.303 e. The summed E-state index contributed by atoms with van der Waals surface area (Å²) in [7, 11) is -3.69. The Morgan fingerprint density at radius 3 is 2.67 bits per heavy atom. The monoisotopic (exact) mass is 189 g/mol. The fourth-order valence-corrected chi connectivity index (χ4v) is 0.982. The molecule has 0 aliphatic heterocycles. The zero-order valence-corrected chi connectivity index (χ0v) is 7.65. The first kappa shape index (κ1) is 11.0. The van der Waals surface area contributed by atoms with Gasteiger partial charge in [-0.3, -0.25) is 4.79 Å². The van der Waals surface area contributed by atoms with Gasteiger partial charge in [-0.05, 0) is 6.42 Å². The summed E-state index contributed by atoms with van der Waals surface area (Å²) in [6.45, 7) is 1.99. The molecule has 1 N–H and O–H groups in total. The van der Waals surface area contributed by atoms with E-state index in [4.69, 9.17) is 0 Å². The van der Waals surface area contributed by atoms with Gasteiger partial charge in [0.15, 0.2) is 0 Å². The number of nitrogens with one attached hydrogen (secondary N) is 1. The van der Waals surface area contributed by atoms with Crippen LogP contribution in [-0.4, -0.2) is 14.8 Å². The summed E-state index contributed by atoms with van der Waals surface area (Å²) in [5.41, 5.74) is 0. The smallest absolute Gasteiger partial charge is 0.278 e. The molecular weight excluding hydrogens is 178 g/mol. The maximum atomic E-state index is 10.7. The molecule has 68 valence electrons. The fraction of sp³-hybridized carbons (Fsp3) is 0.571. The highest BCUT2D eigenvalue weighted by atomic mass is 32.2. The Bertz CT molecular complexity index is 284. The van der Waals surface area contributed by atoms with Crippen LogP contribution in [0.4, 0.5) is 0 Å². The lowest BCUT2D eigenvalue weighted by atomic mass is 10.3. The number of hydrogen-bond acceptors (Lipinski definition) is 3. The quantitative estimate of drug-likeness (QED) is 0.391. The average Bonchev–Trinajstić information content (AvgIpc) is 1.98. The van der Waals surface area contributed by atoms with Crippen molar-refractivity contribution in [3.8, 4) is 11.2 Å². The number of amides is 1.